The average molecular weight is 290 g/mol. The van der Waals surface area contributed by atoms with Crippen LogP contribution in [-0.2, 0) is 6.54 Å². The molecule has 0 saturated carbocycles. The van der Waals surface area contributed by atoms with Crippen molar-refractivity contribution in [1.29, 1.82) is 0 Å². The summed E-state index contributed by atoms with van der Waals surface area (Å²) in [6, 6.07) is 4.96. The van der Waals surface area contributed by atoms with Gasteiger partial charge >= 0.3 is 0 Å². The van der Waals surface area contributed by atoms with Crippen molar-refractivity contribution in [2.75, 3.05) is 38.0 Å². The number of hydrogen-bond donors (Lipinski definition) is 1. The predicted molar refractivity (Wildman–Crippen MR) is 89.6 cm³/mol. The van der Waals surface area contributed by atoms with Gasteiger partial charge in [0.15, 0.2) is 0 Å². The Kier molecular flexibility index (Phi) is 6.46. The lowest BCUT2D eigenvalue weighted by Gasteiger charge is -2.38. The smallest absolute Gasteiger partial charge is 0.130 e. The fourth-order valence-electron chi connectivity index (χ4n) is 2.83. The Morgan fingerprint density at radius 3 is 2.67 bits per heavy atom. The topological polar surface area (TPSA) is 31.4 Å². The number of anilines is 1. The van der Waals surface area contributed by atoms with E-state index in [2.05, 4.69) is 46.9 Å². The first-order valence-electron chi connectivity index (χ1n) is 8.38. The van der Waals surface area contributed by atoms with E-state index in [0.29, 0.717) is 6.04 Å². The van der Waals surface area contributed by atoms with Crippen LogP contribution in [0.15, 0.2) is 18.3 Å². The third-order valence-electron chi connectivity index (χ3n) is 4.45. The number of pyridine rings is 1. The van der Waals surface area contributed by atoms with Crippen molar-refractivity contribution in [3.8, 4) is 0 Å². The zero-order valence-corrected chi connectivity index (χ0v) is 13.8. The summed E-state index contributed by atoms with van der Waals surface area (Å²) >= 11 is 0. The van der Waals surface area contributed by atoms with Crippen molar-refractivity contribution >= 4 is 5.82 Å². The van der Waals surface area contributed by atoms with E-state index in [4.69, 9.17) is 0 Å². The summed E-state index contributed by atoms with van der Waals surface area (Å²) in [5, 5.41) is 3.44. The van der Waals surface area contributed by atoms with E-state index in [9.17, 15) is 0 Å². The van der Waals surface area contributed by atoms with Gasteiger partial charge in [-0.05, 0) is 25.8 Å². The normalized spacial score (nSPS) is 18.6. The molecular formula is C17H30N4. The molecule has 0 spiro atoms. The van der Waals surface area contributed by atoms with Crippen LogP contribution in [0.25, 0.3) is 0 Å². The Bertz CT molecular complexity index is 413. The Labute approximate surface area is 129 Å². The zero-order valence-electron chi connectivity index (χ0n) is 13.8. The van der Waals surface area contributed by atoms with Crippen LogP contribution in [0.2, 0.25) is 0 Å². The highest BCUT2D eigenvalue weighted by Crippen LogP contribution is 2.16. The van der Waals surface area contributed by atoms with Crippen LogP contribution in [0, 0.1) is 0 Å². The minimum atomic E-state index is 0.715. The Morgan fingerprint density at radius 1 is 1.24 bits per heavy atom. The second-order valence-corrected chi connectivity index (χ2v) is 6.01. The van der Waals surface area contributed by atoms with Crippen LogP contribution in [0.5, 0.6) is 0 Å². The number of hydrogen-bond acceptors (Lipinski definition) is 4. The Balaban J connectivity index is 1.88. The number of nitrogens with zero attached hydrogens (tertiary/aromatic N) is 3. The van der Waals surface area contributed by atoms with Gasteiger partial charge < -0.3 is 5.32 Å². The van der Waals surface area contributed by atoms with Gasteiger partial charge in [0.2, 0.25) is 0 Å². The van der Waals surface area contributed by atoms with Crippen molar-refractivity contribution in [2.45, 2.75) is 46.2 Å². The molecule has 0 aliphatic carbocycles. The molecule has 1 N–H and O–H groups in total. The lowest BCUT2D eigenvalue weighted by molar-refractivity contribution is 0.0964. The third kappa shape index (κ3) is 4.68. The zero-order chi connectivity index (χ0) is 15.1. The SMILES string of the molecule is CCCNc1ncccc1CN1CCN(C(C)CC)CC1. The number of nitrogens with one attached hydrogen (secondary N) is 1. The van der Waals surface area contributed by atoms with E-state index in [1.165, 1.54) is 25.1 Å². The molecule has 0 amide bonds. The van der Waals surface area contributed by atoms with Crippen LogP contribution in [0.1, 0.15) is 39.2 Å². The predicted octanol–water partition coefficient (Wildman–Crippen LogP) is 2.82. The molecule has 1 aliphatic rings. The van der Waals surface area contributed by atoms with Crippen LogP contribution in [0.4, 0.5) is 5.82 Å². The van der Waals surface area contributed by atoms with Gasteiger partial charge in [-0.15, -0.1) is 0 Å². The van der Waals surface area contributed by atoms with Crippen molar-refractivity contribution in [1.82, 2.24) is 14.8 Å². The average Bonchev–Trinajstić information content (AvgIpc) is 2.54. The quantitative estimate of drug-likeness (QED) is 0.837. The second kappa shape index (κ2) is 8.35. The Hall–Kier alpha value is -1.13. The fourth-order valence-corrected chi connectivity index (χ4v) is 2.83. The van der Waals surface area contributed by atoms with Gasteiger partial charge in [0.25, 0.3) is 0 Å². The summed E-state index contributed by atoms with van der Waals surface area (Å²) < 4.78 is 0. The molecule has 4 nitrogen and oxygen atoms in total. The Morgan fingerprint density at radius 2 is 2.00 bits per heavy atom. The molecule has 118 valence electrons. The number of aromatic nitrogens is 1. The van der Waals surface area contributed by atoms with Gasteiger partial charge in [0, 0.05) is 57.1 Å². The minimum absolute atomic E-state index is 0.715. The summed E-state index contributed by atoms with van der Waals surface area (Å²) in [5.74, 6) is 1.06. The van der Waals surface area contributed by atoms with Crippen LogP contribution >= 0.6 is 0 Å². The van der Waals surface area contributed by atoms with Crippen molar-refractivity contribution in [3.05, 3.63) is 23.9 Å². The molecule has 1 atom stereocenters. The molecule has 0 bridgehead atoms. The van der Waals surface area contributed by atoms with Crippen molar-refractivity contribution in [2.24, 2.45) is 0 Å². The molecule has 0 radical (unpaired) electrons. The van der Waals surface area contributed by atoms with E-state index >= 15 is 0 Å². The van der Waals surface area contributed by atoms with E-state index in [-0.39, 0.29) is 0 Å². The first-order chi connectivity index (χ1) is 10.2. The number of rotatable bonds is 7. The van der Waals surface area contributed by atoms with Gasteiger partial charge in [-0.1, -0.05) is 19.9 Å². The van der Waals surface area contributed by atoms with E-state index in [0.717, 1.165) is 38.4 Å². The molecule has 21 heavy (non-hydrogen) atoms. The van der Waals surface area contributed by atoms with E-state index in [1.807, 2.05) is 12.3 Å². The molecule has 1 saturated heterocycles. The van der Waals surface area contributed by atoms with Crippen LogP contribution < -0.4 is 5.32 Å². The first-order valence-corrected chi connectivity index (χ1v) is 8.38. The maximum absolute atomic E-state index is 4.49. The largest absolute Gasteiger partial charge is 0.370 e. The monoisotopic (exact) mass is 290 g/mol. The lowest BCUT2D eigenvalue weighted by atomic mass is 10.1. The molecule has 1 aliphatic heterocycles. The van der Waals surface area contributed by atoms with Crippen molar-refractivity contribution in [3.63, 3.8) is 0 Å². The second-order valence-electron chi connectivity index (χ2n) is 6.01. The van der Waals surface area contributed by atoms with Gasteiger partial charge in [-0.25, -0.2) is 4.98 Å². The highest BCUT2D eigenvalue weighted by Gasteiger charge is 2.20. The van der Waals surface area contributed by atoms with E-state index in [1.54, 1.807) is 0 Å². The third-order valence-corrected chi connectivity index (χ3v) is 4.45. The highest BCUT2D eigenvalue weighted by molar-refractivity contribution is 5.43. The summed E-state index contributed by atoms with van der Waals surface area (Å²) in [6.45, 7) is 13.5. The van der Waals surface area contributed by atoms with Gasteiger partial charge in [-0.3, -0.25) is 9.80 Å². The summed E-state index contributed by atoms with van der Waals surface area (Å²) in [7, 11) is 0. The molecule has 2 rings (SSSR count). The fraction of sp³-hybridized carbons (Fsp3) is 0.706. The molecule has 1 fully saturated rings. The molecule has 4 heteroatoms. The maximum Gasteiger partial charge on any atom is 0.130 e. The molecule has 0 aromatic carbocycles. The maximum atomic E-state index is 4.49. The standard InChI is InChI=1S/C17H30N4/c1-4-8-18-17-16(7-6-9-19-17)14-20-10-12-21(13-11-20)15(3)5-2/h6-7,9,15H,4-5,8,10-14H2,1-3H3,(H,18,19). The van der Waals surface area contributed by atoms with Gasteiger partial charge in [0.05, 0.1) is 0 Å². The molecule has 1 aromatic rings. The molecule has 1 unspecified atom stereocenters. The summed E-state index contributed by atoms with van der Waals surface area (Å²) in [4.78, 5) is 9.65. The number of piperazine rings is 1. The highest BCUT2D eigenvalue weighted by atomic mass is 15.3. The first kappa shape index (κ1) is 16.2. The van der Waals surface area contributed by atoms with Crippen LogP contribution in [0.3, 0.4) is 0 Å². The molecular weight excluding hydrogens is 260 g/mol. The minimum Gasteiger partial charge on any atom is -0.370 e. The van der Waals surface area contributed by atoms with Crippen molar-refractivity contribution < 1.29 is 0 Å². The lowest BCUT2D eigenvalue weighted by Crippen LogP contribution is -2.49. The van der Waals surface area contributed by atoms with E-state index < -0.39 is 0 Å². The molecule has 2 heterocycles. The van der Waals surface area contributed by atoms with Gasteiger partial charge in [0.1, 0.15) is 5.82 Å². The molecule has 1 aromatic heterocycles. The van der Waals surface area contributed by atoms with Gasteiger partial charge in [-0.2, -0.15) is 0 Å². The summed E-state index contributed by atoms with van der Waals surface area (Å²) in [6.07, 6.45) is 4.25. The van der Waals surface area contributed by atoms with Crippen LogP contribution in [-0.4, -0.2) is 53.5 Å². The summed E-state index contributed by atoms with van der Waals surface area (Å²) in [5.41, 5.74) is 1.32.